The highest BCUT2D eigenvalue weighted by Crippen LogP contribution is 2.21. The number of halogens is 5. The molecule has 1 aromatic rings. The molecule has 100 valence electrons. The third-order valence-electron chi connectivity index (χ3n) is 2.16. The largest absolute Gasteiger partial charge is 0.332 e. The van der Waals surface area contributed by atoms with Crippen molar-refractivity contribution in [1.82, 2.24) is 4.90 Å². The summed E-state index contributed by atoms with van der Waals surface area (Å²) < 4.78 is 26.3. The Bertz CT molecular complexity index is 434. The van der Waals surface area contributed by atoms with E-state index in [9.17, 15) is 13.6 Å². The van der Waals surface area contributed by atoms with Crippen molar-refractivity contribution in [3.05, 3.63) is 31.8 Å². The van der Waals surface area contributed by atoms with E-state index < -0.39 is 18.9 Å². The number of amides is 1. The Balaban J connectivity index is 2.97. The standard InChI is InChI=1S/C11H10BrClF2INO/c12-9-2-1-7(16)5-8(9)11(18)17(4-3-13)6-10(14)15/h1-2,5,10H,3-4,6H2. The van der Waals surface area contributed by atoms with E-state index in [1.165, 1.54) is 0 Å². The van der Waals surface area contributed by atoms with E-state index in [4.69, 9.17) is 11.6 Å². The second-order valence-corrected chi connectivity index (χ2v) is 5.93. The van der Waals surface area contributed by atoms with Crippen molar-refractivity contribution in [3.8, 4) is 0 Å². The van der Waals surface area contributed by atoms with Gasteiger partial charge in [0.2, 0.25) is 0 Å². The molecule has 0 N–H and O–H groups in total. The fourth-order valence-corrected chi connectivity index (χ4v) is 2.49. The lowest BCUT2D eigenvalue weighted by Crippen LogP contribution is -2.36. The topological polar surface area (TPSA) is 20.3 Å². The van der Waals surface area contributed by atoms with E-state index in [2.05, 4.69) is 38.5 Å². The summed E-state index contributed by atoms with van der Waals surface area (Å²) in [7, 11) is 0. The van der Waals surface area contributed by atoms with Crippen LogP contribution in [0.1, 0.15) is 10.4 Å². The lowest BCUT2D eigenvalue weighted by Gasteiger charge is -2.21. The minimum Gasteiger partial charge on any atom is -0.332 e. The van der Waals surface area contributed by atoms with Crippen molar-refractivity contribution in [1.29, 1.82) is 0 Å². The normalized spacial score (nSPS) is 10.8. The van der Waals surface area contributed by atoms with Crippen LogP contribution in [0.2, 0.25) is 0 Å². The number of nitrogens with zero attached hydrogens (tertiary/aromatic N) is 1. The van der Waals surface area contributed by atoms with Gasteiger partial charge in [0, 0.05) is 20.5 Å². The molecule has 1 rings (SSSR count). The van der Waals surface area contributed by atoms with Gasteiger partial charge < -0.3 is 4.90 Å². The molecule has 0 saturated carbocycles. The predicted molar refractivity (Wildman–Crippen MR) is 79.5 cm³/mol. The summed E-state index contributed by atoms with van der Waals surface area (Å²) in [5.41, 5.74) is 0.368. The molecule has 0 fully saturated rings. The first kappa shape index (κ1) is 16.1. The fraction of sp³-hybridized carbons (Fsp3) is 0.364. The highest BCUT2D eigenvalue weighted by molar-refractivity contribution is 14.1. The van der Waals surface area contributed by atoms with Gasteiger partial charge in [-0.25, -0.2) is 8.78 Å². The fourth-order valence-electron chi connectivity index (χ4n) is 1.38. The van der Waals surface area contributed by atoms with Gasteiger partial charge >= 0.3 is 0 Å². The van der Waals surface area contributed by atoms with Gasteiger partial charge in [-0.2, -0.15) is 0 Å². The molecule has 0 saturated heterocycles. The van der Waals surface area contributed by atoms with Gasteiger partial charge in [-0.15, -0.1) is 11.6 Å². The quantitative estimate of drug-likeness (QED) is 0.489. The van der Waals surface area contributed by atoms with Crippen LogP contribution in [-0.4, -0.2) is 36.2 Å². The van der Waals surface area contributed by atoms with Crippen LogP contribution in [0.4, 0.5) is 8.78 Å². The van der Waals surface area contributed by atoms with E-state index in [0.717, 1.165) is 8.47 Å². The first-order valence-electron chi connectivity index (χ1n) is 5.04. The minimum atomic E-state index is -2.57. The zero-order chi connectivity index (χ0) is 13.7. The van der Waals surface area contributed by atoms with Crippen molar-refractivity contribution >= 4 is 56.0 Å². The number of hydrogen-bond donors (Lipinski definition) is 0. The SMILES string of the molecule is O=C(c1cc(I)ccc1Br)N(CCCl)CC(F)F. The molecule has 0 aliphatic carbocycles. The molecule has 2 nitrogen and oxygen atoms in total. The summed E-state index contributed by atoms with van der Waals surface area (Å²) in [6.07, 6.45) is -2.57. The molecule has 0 spiro atoms. The van der Waals surface area contributed by atoms with Crippen LogP contribution < -0.4 is 0 Å². The summed E-state index contributed by atoms with van der Waals surface area (Å²) in [5, 5.41) is 0. The van der Waals surface area contributed by atoms with Crippen LogP contribution in [0.5, 0.6) is 0 Å². The Hall–Kier alpha value is 0.0500. The predicted octanol–water partition coefficient (Wildman–Crippen LogP) is 4.00. The van der Waals surface area contributed by atoms with Crippen LogP contribution in [0.15, 0.2) is 22.7 Å². The number of hydrogen-bond acceptors (Lipinski definition) is 1. The van der Waals surface area contributed by atoms with Crippen molar-refractivity contribution in [2.75, 3.05) is 19.0 Å². The number of benzene rings is 1. The molecule has 1 aromatic carbocycles. The molecule has 0 aliphatic heterocycles. The number of alkyl halides is 3. The van der Waals surface area contributed by atoms with E-state index in [-0.39, 0.29) is 12.4 Å². The Labute approximate surface area is 131 Å². The van der Waals surface area contributed by atoms with E-state index >= 15 is 0 Å². The van der Waals surface area contributed by atoms with Crippen LogP contribution in [0, 0.1) is 3.57 Å². The van der Waals surface area contributed by atoms with Gasteiger partial charge in [-0.05, 0) is 56.7 Å². The number of rotatable bonds is 5. The molecular weight excluding hydrogens is 442 g/mol. The maximum atomic E-state index is 12.4. The van der Waals surface area contributed by atoms with Crippen molar-refractivity contribution in [2.45, 2.75) is 6.43 Å². The Morgan fingerprint density at radius 3 is 2.72 bits per heavy atom. The smallest absolute Gasteiger partial charge is 0.255 e. The van der Waals surface area contributed by atoms with Crippen LogP contribution in [0.3, 0.4) is 0 Å². The second-order valence-electron chi connectivity index (χ2n) is 3.46. The maximum absolute atomic E-state index is 12.4. The zero-order valence-corrected chi connectivity index (χ0v) is 13.7. The molecule has 7 heteroatoms. The molecule has 0 aliphatic rings. The van der Waals surface area contributed by atoms with Gasteiger partial charge in [0.05, 0.1) is 12.1 Å². The van der Waals surface area contributed by atoms with Crippen LogP contribution in [0.25, 0.3) is 0 Å². The summed E-state index contributed by atoms with van der Waals surface area (Å²) >= 11 is 10.8. The van der Waals surface area contributed by atoms with E-state index in [1.54, 1.807) is 12.1 Å². The van der Waals surface area contributed by atoms with E-state index in [0.29, 0.717) is 10.0 Å². The van der Waals surface area contributed by atoms with Crippen molar-refractivity contribution in [2.24, 2.45) is 0 Å². The second kappa shape index (κ2) is 7.59. The van der Waals surface area contributed by atoms with Crippen LogP contribution >= 0.6 is 50.1 Å². The molecule has 18 heavy (non-hydrogen) atoms. The van der Waals surface area contributed by atoms with Gasteiger partial charge in [0.1, 0.15) is 0 Å². The molecule has 0 atom stereocenters. The maximum Gasteiger partial charge on any atom is 0.255 e. The molecule has 0 aromatic heterocycles. The number of carbonyl (C=O) groups excluding carboxylic acids is 1. The van der Waals surface area contributed by atoms with Gasteiger partial charge in [-0.1, -0.05) is 0 Å². The van der Waals surface area contributed by atoms with Gasteiger partial charge in [0.25, 0.3) is 12.3 Å². The summed E-state index contributed by atoms with van der Waals surface area (Å²) in [5.74, 6) is -0.318. The zero-order valence-electron chi connectivity index (χ0n) is 9.18. The average molecular weight is 452 g/mol. The molecule has 1 amide bonds. The molecular formula is C11H10BrClF2INO. The molecule has 0 radical (unpaired) electrons. The monoisotopic (exact) mass is 451 g/mol. The lowest BCUT2D eigenvalue weighted by molar-refractivity contribution is 0.0570. The highest BCUT2D eigenvalue weighted by Gasteiger charge is 2.21. The van der Waals surface area contributed by atoms with Gasteiger partial charge in [0.15, 0.2) is 0 Å². The minimum absolute atomic E-state index is 0.0998. The Kier molecular flexibility index (Phi) is 6.79. The first-order valence-corrected chi connectivity index (χ1v) is 7.44. The van der Waals surface area contributed by atoms with Gasteiger partial charge in [-0.3, -0.25) is 4.79 Å². The van der Waals surface area contributed by atoms with Crippen molar-refractivity contribution in [3.63, 3.8) is 0 Å². The Morgan fingerprint density at radius 2 is 2.17 bits per heavy atom. The lowest BCUT2D eigenvalue weighted by atomic mass is 10.2. The Morgan fingerprint density at radius 1 is 1.50 bits per heavy atom. The summed E-state index contributed by atoms with van der Waals surface area (Å²) in [6, 6.07) is 5.19. The first-order chi connectivity index (χ1) is 8.45. The third-order valence-corrected chi connectivity index (χ3v) is 3.69. The molecule has 0 heterocycles. The third kappa shape index (κ3) is 4.62. The molecule has 0 unspecified atom stereocenters. The van der Waals surface area contributed by atoms with Crippen molar-refractivity contribution < 1.29 is 13.6 Å². The average Bonchev–Trinajstić information content (AvgIpc) is 2.30. The summed E-state index contributed by atoms with van der Waals surface area (Å²) in [6.45, 7) is -0.508. The summed E-state index contributed by atoms with van der Waals surface area (Å²) in [4.78, 5) is 13.2. The highest BCUT2D eigenvalue weighted by atomic mass is 127. The van der Waals surface area contributed by atoms with Crippen LogP contribution in [-0.2, 0) is 0 Å². The molecule has 0 bridgehead atoms. The number of carbonyl (C=O) groups is 1. The van der Waals surface area contributed by atoms with E-state index in [1.807, 2.05) is 6.07 Å².